The summed E-state index contributed by atoms with van der Waals surface area (Å²) in [6.45, 7) is 1.70. The van der Waals surface area contributed by atoms with Crippen molar-refractivity contribution < 1.29 is 14.7 Å². The summed E-state index contributed by atoms with van der Waals surface area (Å²) in [5, 5.41) is 17.1. The number of thiophene rings is 1. The quantitative estimate of drug-likeness (QED) is 0.689. The maximum Gasteiger partial charge on any atom is 0.277 e. The lowest BCUT2D eigenvalue weighted by atomic mass is 10.1. The van der Waals surface area contributed by atoms with Crippen molar-refractivity contribution in [2.75, 3.05) is 24.3 Å². The van der Waals surface area contributed by atoms with Gasteiger partial charge in [0, 0.05) is 19.8 Å². The summed E-state index contributed by atoms with van der Waals surface area (Å²) in [6, 6.07) is 8.99. The zero-order valence-corrected chi connectivity index (χ0v) is 17.1. The average Bonchev–Trinajstić information content (AvgIpc) is 3.41. The van der Waals surface area contributed by atoms with E-state index in [0.717, 1.165) is 11.1 Å². The zero-order chi connectivity index (χ0) is 20.7. The van der Waals surface area contributed by atoms with Gasteiger partial charge in [0.05, 0.1) is 6.33 Å². The number of hydrogen-bond acceptors (Lipinski definition) is 6. The number of imidazole rings is 1. The SMILES string of the molecule is C[C@@H](C(=O)Nc1ccc(-c2ccsc2)cc1)n1cnc2c1C(=O)N(C)C(O)N2C. The average molecular weight is 411 g/mol. The molecule has 1 aliphatic heterocycles. The standard InChI is InChI=1S/C20H21N5O3S/c1-12(25-11-21-17-16(25)19(27)24(3)20(28)23(17)2)18(26)22-15-6-4-13(5-7-15)14-8-9-29-10-14/h4-12,20,28H,1-3H3,(H,22,26)/t12-,20?/m0/s1. The second kappa shape index (κ2) is 7.34. The number of anilines is 2. The number of carbonyl (C=O) groups is 2. The minimum absolute atomic E-state index is 0.266. The molecule has 0 saturated heterocycles. The molecule has 0 aliphatic carbocycles. The summed E-state index contributed by atoms with van der Waals surface area (Å²) >= 11 is 1.63. The molecule has 150 valence electrons. The van der Waals surface area contributed by atoms with Crippen molar-refractivity contribution in [2.45, 2.75) is 19.3 Å². The summed E-state index contributed by atoms with van der Waals surface area (Å²) in [5.41, 5.74) is 3.16. The van der Waals surface area contributed by atoms with Crippen LogP contribution in [0.25, 0.3) is 11.1 Å². The molecule has 1 unspecified atom stereocenters. The third-order valence-corrected chi connectivity index (χ3v) is 5.81. The fourth-order valence-corrected chi connectivity index (χ4v) is 3.96. The molecule has 4 rings (SSSR count). The molecule has 1 aliphatic rings. The second-order valence-electron chi connectivity index (χ2n) is 6.95. The molecule has 0 bridgehead atoms. The van der Waals surface area contributed by atoms with E-state index in [1.54, 1.807) is 25.3 Å². The van der Waals surface area contributed by atoms with Gasteiger partial charge in [0.1, 0.15) is 6.04 Å². The summed E-state index contributed by atoms with van der Waals surface area (Å²) < 4.78 is 1.53. The predicted molar refractivity (Wildman–Crippen MR) is 112 cm³/mol. The van der Waals surface area contributed by atoms with Crippen molar-refractivity contribution >= 4 is 34.7 Å². The third kappa shape index (κ3) is 3.28. The van der Waals surface area contributed by atoms with E-state index in [0.29, 0.717) is 11.5 Å². The van der Waals surface area contributed by atoms with Gasteiger partial charge in [-0.05, 0) is 47.0 Å². The molecule has 2 amide bonds. The number of amides is 2. The molecule has 8 nitrogen and oxygen atoms in total. The van der Waals surface area contributed by atoms with E-state index in [-0.39, 0.29) is 17.5 Å². The maximum atomic E-state index is 12.8. The first-order chi connectivity index (χ1) is 13.9. The lowest BCUT2D eigenvalue weighted by Gasteiger charge is -2.36. The fraction of sp³-hybridized carbons (Fsp3) is 0.250. The number of aliphatic hydroxyl groups excluding tert-OH is 1. The molecule has 0 fully saturated rings. The van der Waals surface area contributed by atoms with Crippen LogP contribution in [0.5, 0.6) is 0 Å². The fourth-order valence-electron chi connectivity index (χ4n) is 3.30. The monoisotopic (exact) mass is 411 g/mol. The van der Waals surface area contributed by atoms with Gasteiger partial charge in [-0.25, -0.2) is 4.98 Å². The van der Waals surface area contributed by atoms with Crippen LogP contribution in [-0.4, -0.2) is 51.8 Å². The number of hydrogen-bond donors (Lipinski definition) is 2. The van der Waals surface area contributed by atoms with E-state index >= 15 is 0 Å². The minimum Gasteiger partial charge on any atom is -0.356 e. The molecule has 0 spiro atoms. The summed E-state index contributed by atoms with van der Waals surface area (Å²) in [4.78, 5) is 32.4. The van der Waals surface area contributed by atoms with Crippen LogP contribution >= 0.6 is 11.3 Å². The van der Waals surface area contributed by atoms with Crippen LogP contribution in [0.4, 0.5) is 11.5 Å². The first-order valence-electron chi connectivity index (χ1n) is 9.07. The number of aliphatic hydroxyl groups is 1. The first kappa shape index (κ1) is 19.2. The van der Waals surface area contributed by atoms with E-state index in [4.69, 9.17) is 0 Å². The van der Waals surface area contributed by atoms with Crippen LogP contribution in [0, 0.1) is 0 Å². The van der Waals surface area contributed by atoms with Crippen molar-refractivity contribution in [3.05, 3.63) is 53.1 Å². The van der Waals surface area contributed by atoms with E-state index in [1.807, 2.05) is 35.7 Å². The Kier molecular flexibility index (Phi) is 4.85. The smallest absolute Gasteiger partial charge is 0.277 e. The van der Waals surface area contributed by atoms with E-state index in [2.05, 4.69) is 15.7 Å². The highest BCUT2D eigenvalue weighted by Crippen LogP contribution is 2.29. The zero-order valence-electron chi connectivity index (χ0n) is 16.2. The molecular formula is C20H21N5O3S. The predicted octanol–water partition coefficient (Wildman–Crippen LogP) is 2.61. The highest BCUT2D eigenvalue weighted by atomic mass is 32.1. The number of fused-ring (bicyclic) bond motifs is 1. The summed E-state index contributed by atoms with van der Waals surface area (Å²) in [7, 11) is 3.15. The van der Waals surface area contributed by atoms with Crippen molar-refractivity contribution in [1.82, 2.24) is 14.5 Å². The van der Waals surface area contributed by atoms with Crippen molar-refractivity contribution in [3.8, 4) is 11.1 Å². The van der Waals surface area contributed by atoms with Gasteiger partial charge >= 0.3 is 0 Å². The van der Waals surface area contributed by atoms with Gasteiger partial charge in [-0.2, -0.15) is 11.3 Å². The van der Waals surface area contributed by atoms with E-state index < -0.39 is 12.4 Å². The van der Waals surface area contributed by atoms with Gasteiger partial charge in [-0.15, -0.1) is 0 Å². The Hall–Kier alpha value is -3.17. The normalized spacial score (nSPS) is 17.2. The van der Waals surface area contributed by atoms with Crippen LogP contribution in [0.3, 0.4) is 0 Å². The second-order valence-corrected chi connectivity index (χ2v) is 7.73. The number of carbonyl (C=O) groups excluding carboxylic acids is 2. The largest absolute Gasteiger partial charge is 0.356 e. The molecule has 3 aromatic rings. The molecule has 0 saturated carbocycles. The van der Waals surface area contributed by atoms with Gasteiger partial charge in [-0.3, -0.25) is 14.5 Å². The van der Waals surface area contributed by atoms with Gasteiger partial charge in [-0.1, -0.05) is 12.1 Å². The van der Waals surface area contributed by atoms with Crippen molar-refractivity contribution in [3.63, 3.8) is 0 Å². The minimum atomic E-state index is -1.09. The Balaban J connectivity index is 1.54. The van der Waals surface area contributed by atoms with Gasteiger partial charge in [0.2, 0.25) is 12.3 Å². The highest BCUT2D eigenvalue weighted by molar-refractivity contribution is 7.08. The lowest BCUT2D eigenvalue weighted by Crippen LogP contribution is -2.52. The molecular weight excluding hydrogens is 390 g/mol. The van der Waals surface area contributed by atoms with Gasteiger partial charge < -0.3 is 19.9 Å². The first-order valence-corrected chi connectivity index (χ1v) is 10.0. The molecule has 9 heteroatoms. The Morgan fingerprint density at radius 2 is 1.90 bits per heavy atom. The highest BCUT2D eigenvalue weighted by Gasteiger charge is 2.37. The summed E-state index contributed by atoms with van der Waals surface area (Å²) in [5.74, 6) is -0.305. The van der Waals surface area contributed by atoms with Crippen LogP contribution in [0.15, 0.2) is 47.4 Å². The molecule has 3 heterocycles. The van der Waals surface area contributed by atoms with E-state index in [9.17, 15) is 14.7 Å². The Morgan fingerprint density at radius 3 is 2.55 bits per heavy atom. The van der Waals surface area contributed by atoms with Gasteiger partial charge in [0.15, 0.2) is 11.5 Å². The number of aromatic nitrogens is 2. The van der Waals surface area contributed by atoms with Crippen LogP contribution in [-0.2, 0) is 4.79 Å². The Morgan fingerprint density at radius 1 is 1.17 bits per heavy atom. The number of nitrogens with zero attached hydrogens (tertiary/aromatic N) is 4. The lowest BCUT2D eigenvalue weighted by molar-refractivity contribution is -0.118. The Labute approximate surface area is 172 Å². The molecule has 2 atom stereocenters. The number of benzene rings is 1. The van der Waals surface area contributed by atoms with Crippen LogP contribution < -0.4 is 10.2 Å². The maximum absolute atomic E-state index is 12.8. The molecule has 2 aromatic heterocycles. The number of rotatable bonds is 4. The molecule has 1 aromatic carbocycles. The molecule has 29 heavy (non-hydrogen) atoms. The number of nitrogens with one attached hydrogen (secondary N) is 1. The summed E-state index contributed by atoms with van der Waals surface area (Å²) in [6.07, 6.45) is 0.360. The third-order valence-electron chi connectivity index (χ3n) is 5.13. The van der Waals surface area contributed by atoms with Crippen molar-refractivity contribution in [1.29, 1.82) is 0 Å². The van der Waals surface area contributed by atoms with Crippen molar-refractivity contribution in [2.24, 2.45) is 0 Å². The van der Waals surface area contributed by atoms with Crippen LogP contribution in [0.1, 0.15) is 23.5 Å². The topological polar surface area (TPSA) is 90.7 Å². The van der Waals surface area contributed by atoms with Gasteiger partial charge in [0.25, 0.3) is 5.91 Å². The Bertz CT molecular complexity index is 1040. The molecule has 2 N–H and O–H groups in total. The van der Waals surface area contributed by atoms with Crippen LogP contribution in [0.2, 0.25) is 0 Å². The molecule has 0 radical (unpaired) electrons. The van der Waals surface area contributed by atoms with E-state index in [1.165, 1.54) is 27.7 Å².